The molecule has 1 saturated heterocycles. The van der Waals surface area contributed by atoms with Crippen LogP contribution in [0.5, 0.6) is 5.75 Å². The van der Waals surface area contributed by atoms with E-state index in [2.05, 4.69) is 22.0 Å². The van der Waals surface area contributed by atoms with Crippen molar-refractivity contribution < 1.29 is 14.6 Å². The molecule has 2 aromatic rings. The zero-order chi connectivity index (χ0) is 18.4. The summed E-state index contributed by atoms with van der Waals surface area (Å²) in [5.41, 5.74) is 0.596. The van der Waals surface area contributed by atoms with E-state index in [1.54, 1.807) is 12.5 Å². The van der Waals surface area contributed by atoms with Crippen molar-refractivity contribution in [1.29, 1.82) is 0 Å². The molecular formula is C20H27N3O3. The topological polar surface area (TPSA) is 67.6 Å². The molecule has 0 spiro atoms. The van der Waals surface area contributed by atoms with Crippen LogP contribution in [0.2, 0.25) is 0 Å². The molecule has 1 aliphatic rings. The number of imidazole rings is 1. The van der Waals surface area contributed by atoms with Crippen LogP contribution in [0.3, 0.4) is 0 Å². The third-order valence-corrected chi connectivity index (χ3v) is 5.29. The fraction of sp³-hybridized carbons (Fsp3) is 0.500. The molecule has 0 aliphatic carbocycles. The standard InChI is InChI=1S/C20H27N3O3/c1-2-20(19(24)25)8-3-10-23(15-20)14-17-4-6-18(7-5-17)26-13-12-22-11-9-21-16-22/h4-7,9,11,16H,2-3,8,10,12-15H2,1H3,(H,24,25). The molecule has 0 radical (unpaired) electrons. The maximum atomic E-state index is 11.7. The Labute approximate surface area is 154 Å². The number of hydrogen-bond acceptors (Lipinski definition) is 4. The number of hydrogen-bond donors (Lipinski definition) is 1. The molecule has 1 atom stereocenters. The van der Waals surface area contributed by atoms with E-state index in [4.69, 9.17) is 4.74 Å². The van der Waals surface area contributed by atoms with Gasteiger partial charge in [-0.15, -0.1) is 0 Å². The molecule has 26 heavy (non-hydrogen) atoms. The minimum absolute atomic E-state index is 0.589. The lowest BCUT2D eigenvalue weighted by atomic mass is 9.77. The van der Waals surface area contributed by atoms with E-state index in [1.165, 1.54) is 5.56 Å². The second kappa shape index (κ2) is 8.36. The second-order valence-corrected chi connectivity index (χ2v) is 7.05. The summed E-state index contributed by atoms with van der Waals surface area (Å²) in [5.74, 6) is 0.187. The molecule has 0 amide bonds. The van der Waals surface area contributed by atoms with Crippen molar-refractivity contribution >= 4 is 5.97 Å². The van der Waals surface area contributed by atoms with Gasteiger partial charge in [0.1, 0.15) is 12.4 Å². The van der Waals surface area contributed by atoms with Gasteiger partial charge in [0.25, 0.3) is 0 Å². The molecule has 140 valence electrons. The van der Waals surface area contributed by atoms with Crippen molar-refractivity contribution in [2.75, 3.05) is 19.7 Å². The van der Waals surface area contributed by atoms with Crippen molar-refractivity contribution in [1.82, 2.24) is 14.5 Å². The normalized spacial score (nSPS) is 20.8. The number of piperidine rings is 1. The van der Waals surface area contributed by atoms with Gasteiger partial charge in [-0.3, -0.25) is 9.69 Å². The molecule has 1 aromatic carbocycles. The van der Waals surface area contributed by atoms with Crippen LogP contribution >= 0.6 is 0 Å². The third-order valence-electron chi connectivity index (χ3n) is 5.29. The molecule has 2 heterocycles. The van der Waals surface area contributed by atoms with E-state index in [0.29, 0.717) is 19.6 Å². The van der Waals surface area contributed by atoms with Crippen molar-refractivity contribution in [3.8, 4) is 5.75 Å². The number of carbonyl (C=O) groups is 1. The number of rotatable bonds is 8. The van der Waals surface area contributed by atoms with Crippen molar-refractivity contribution in [2.24, 2.45) is 5.41 Å². The fourth-order valence-electron chi connectivity index (χ4n) is 3.61. The van der Waals surface area contributed by atoms with Crippen LogP contribution in [0.15, 0.2) is 43.0 Å². The minimum atomic E-state index is -0.661. The van der Waals surface area contributed by atoms with Crippen LogP contribution in [0.1, 0.15) is 31.7 Å². The molecule has 1 unspecified atom stereocenters. The van der Waals surface area contributed by atoms with Gasteiger partial charge in [0.05, 0.1) is 18.3 Å². The first kappa shape index (κ1) is 18.5. The number of ether oxygens (including phenoxy) is 1. The van der Waals surface area contributed by atoms with Crippen molar-refractivity contribution in [3.05, 3.63) is 48.5 Å². The highest BCUT2D eigenvalue weighted by Gasteiger charge is 2.40. The lowest BCUT2D eigenvalue weighted by molar-refractivity contribution is -0.153. The van der Waals surface area contributed by atoms with Crippen molar-refractivity contribution in [2.45, 2.75) is 39.3 Å². The quantitative estimate of drug-likeness (QED) is 0.786. The van der Waals surface area contributed by atoms with Crippen LogP contribution in [0.4, 0.5) is 0 Å². The molecule has 0 saturated carbocycles. The summed E-state index contributed by atoms with van der Waals surface area (Å²) < 4.78 is 7.75. The van der Waals surface area contributed by atoms with Crippen LogP contribution in [-0.4, -0.2) is 45.2 Å². The Hall–Kier alpha value is -2.34. The van der Waals surface area contributed by atoms with E-state index in [9.17, 15) is 9.90 Å². The second-order valence-electron chi connectivity index (χ2n) is 7.05. The number of aliphatic carboxylic acids is 1. The van der Waals surface area contributed by atoms with Gasteiger partial charge in [0.15, 0.2) is 0 Å². The Morgan fingerprint density at radius 3 is 2.81 bits per heavy atom. The first-order chi connectivity index (χ1) is 12.6. The summed E-state index contributed by atoms with van der Waals surface area (Å²) in [4.78, 5) is 18.0. The highest BCUT2D eigenvalue weighted by Crippen LogP contribution is 2.34. The van der Waals surface area contributed by atoms with Gasteiger partial charge in [-0.1, -0.05) is 19.1 Å². The maximum Gasteiger partial charge on any atom is 0.310 e. The van der Waals surface area contributed by atoms with E-state index in [0.717, 1.165) is 38.2 Å². The summed E-state index contributed by atoms with van der Waals surface area (Å²) >= 11 is 0. The Bertz CT molecular complexity index is 700. The molecule has 6 nitrogen and oxygen atoms in total. The van der Waals surface area contributed by atoms with Gasteiger partial charge in [0, 0.05) is 25.5 Å². The summed E-state index contributed by atoms with van der Waals surface area (Å²) in [6.45, 7) is 5.71. The van der Waals surface area contributed by atoms with Gasteiger partial charge < -0.3 is 14.4 Å². The highest BCUT2D eigenvalue weighted by molar-refractivity contribution is 5.75. The first-order valence-electron chi connectivity index (χ1n) is 9.24. The summed E-state index contributed by atoms with van der Waals surface area (Å²) in [6, 6.07) is 8.10. The largest absolute Gasteiger partial charge is 0.492 e. The van der Waals surface area contributed by atoms with E-state index >= 15 is 0 Å². The van der Waals surface area contributed by atoms with Gasteiger partial charge >= 0.3 is 5.97 Å². The molecule has 6 heteroatoms. The third kappa shape index (κ3) is 4.43. The summed E-state index contributed by atoms with van der Waals surface area (Å²) in [7, 11) is 0. The Morgan fingerprint density at radius 1 is 1.35 bits per heavy atom. The predicted octanol–water partition coefficient (Wildman–Crippen LogP) is 3.04. The van der Waals surface area contributed by atoms with Crippen LogP contribution in [0, 0.1) is 5.41 Å². The lowest BCUT2D eigenvalue weighted by Gasteiger charge is -2.39. The summed E-state index contributed by atoms with van der Waals surface area (Å²) in [5, 5.41) is 9.61. The van der Waals surface area contributed by atoms with Crippen LogP contribution in [0.25, 0.3) is 0 Å². The van der Waals surface area contributed by atoms with Crippen LogP contribution < -0.4 is 4.74 Å². The van der Waals surface area contributed by atoms with Crippen molar-refractivity contribution in [3.63, 3.8) is 0 Å². The maximum absolute atomic E-state index is 11.7. The number of likely N-dealkylation sites (tertiary alicyclic amines) is 1. The fourth-order valence-corrected chi connectivity index (χ4v) is 3.61. The van der Waals surface area contributed by atoms with Gasteiger partial charge in [-0.25, -0.2) is 4.98 Å². The minimum Gasteiger partial charge on any atom is -0.492 e. The summed E-state index contributed by atoms with van der Waals surface area (Å²) in [6.07, 6.45) is 7.85. The number of nitrogens with zero attached hydrogens (tertiary/aromatic N) is 3. The lowest BCUT2D eigenvalue weighted by Crippen LogP contribution is -2.47. The number of aromatic nitrogens is 2. The molecule has 1 aliphatic heterocycles. The number of benzene rings is 1. The van der Waals surface area contributed by atoms with E-state index in [-0.39, 0.29) is 0 Å². The predicted molar refractivity (Wildman–Crippen MR) is 99.0 cm³/mol. The van der Waals surface area contributed by atoms with Crippen LogP contribution in [-0.2, 0) is 17.9 Å². The smallest absolute Gasteiger partial charge is 0.310 e. The molecule has 1 aromatic heterocycles. The van der Waals surface area contributed by atoms with Gasteiger partial charge in [0.2, 0.25) is 0 Å². The number of carboxylic acid groups (broad SMARTS) is 1. The molecule has 1 N–H and O–H groups in total. The zero-order valence-corrected chi connectivity index (χ0v) is 15.3. The average Bonchev–Trinajstić information content (AvgIpc) is 3.16. The van der Waals surface area contributed by atoms with E-state index in [1.807, 2.05) is 29.8 Å². The molecule has 3 rings (SSSR count). The van der Waals surface area contributed by atoms with E-state index < -0.39 is 11.4 Å². The Morgan fingerprint density at radius 2 is 2.15 bits per heavy atom. The molecular weight excluding hydrogens is 330 g/mol. The number of carboxylic acids is 1. The average molecular weight is 357 g/mol. The molecule has 0 bridgehead atoms. The zero-order valence-electron chi connectivity index (χ0n) is 15.3. The Kier molecular flexibility index (Phi) is 5.93. The molecule has 1 fully saturated rings. The SMILES string of the molecule is CCC1(C(=O)O)CCCN(Cc2ccc(OCCn3ccnc3)cc2)C1. The monoisotopic (exact) mass is 357 g/mol. The van der Waals surface area contributed by atoms with Gasteiger partial charge in [-0.05, 0) is 43.5 Å². The highest BCUT2D eigenvalue weighted by atomic mass is 16.5. The van der Waals surface area contributed by atoms with Gasteiger partial charge in [-0.2, -0.15) is 0 Å². The Balaban J connectivity index is 1.51. The first-order valence-corrected chi connectivity index (χ1v) is 9.24.